The molecule has 33 heavy (non-hydrogen) atoms. The first kappa shape index (κ1) is 18.2. The Labute approximate surface area is 196 Å². The van der Waals surface area contributed by atoms with Crippen molar-refractivity contribution in [3.63, 3.8) is 0 Å². The first-order valence-electron chi connectivity index (χ1n) is 12.6. The fraction of sp³-hybridized carbons (Fsp3) is 0.400. The van der Waals surface area contributed by atoms with Crippen LogP contribution in [0.15, 0.2) is 42.5 Å². The molecular weight excluding hydrogens is 422 g/mol. The van der Waals surface area contributed by atoms with E-state index in [1.54, 1.807) is 23.1 Å². The number of carbonyl (C=O) groups excluding carboxylic acids is 3. The summed E-state index contributed by atoms with van der Waals surface area (Å²) in [4.78, 5) is 40.0. The largest absolute Gasteiger partial charge is 0.489 e. The number of benzene rings is 2. The zero-order valence-electron chi connectivity index (χ0n) is 21.1. The number of hydrogen-bond acceptors (Lipinski definition) is 6. The third kappa shape index (κ3) is 4.62. The molecule has 2 aromatic rings. The molecular formula is C25H27N3O5. The Hall–Kier alpha value is -3.23. The van der Waals surface area contributed by atoms with Gasteiger partial charge in [0.05, 0.1) is 22.5 Å². The Morgan fingerprint density at radius 3 is 2.76 bits per heavy atom. The van der Waals surface area contributed by atoms with Gasteiger partial charge in [-0.25, -0.2) is 0 Å². The molecule has 2 atom stereocenters. The van der Waals surface area contributed by atoms with E-state index in [0.717, 1.165) is 16.7 Å². The normalized spacial score (nSPS) is 26.2. The molecule has 3 aliphatic heterocycles. The van der Waals surface area contributed by atoms with E-state index in [0.29, 0.717) is 30.8 Å². The molecule has 5 rings (SSSR count). The van der Waals surface area contributed by atoms with Crippen molar-refractivity contribution in [2.24, 2.45) is 0 Å². The first-order valence-corrected chi connectivity index (χ1v) is 11.0. The van der Waals surface area contributed by atoms with Crippen LogP contribution in [0.2, 0.25) is 0 Å². The lowest BCUT2D eigenvalue weighted by Crippen LogP contribution is -2.52. The molecule has 3 aliphatic rings. The summed E-state index contributed by atoms with van der Waals surface area (Å²) < 4.78 is 34.8. The second-order valence-electron chi connectivity index (χ2n) is 8.35. The van der Waals surface area contributed by atoms with Crippen molar-refractivity contribution in [3.8, 4) is 5.75 Å². The second-order valence-corrected chi connectivity index (χ2v) is 8.35. The minimum Gasteiger partial charge on any atom is -0.489 e. The molecule has 1 N–H and O–H groups in total. The van der Waals surface area contributed by atoms with E-state index in [1.807, 2.05) is 24.3 Å². The van der Waals surface area contributed by atoms with Gasteiger partial charge >= 0.3 is 0 Å². The lowest BCUT2D eigenvalue weighted by atomic mass is 10.0. The number of morpholine rings is 1. The highest BCUT2D eigenvalue weighted by atomic mass is 16.5. The van der Waals surface area contributed by atoms with Crippen molar-refractivity contribution in [2.45, 2.75) is 38.6 Å². The number of carbonyl (C=O) groups is 3. The lowest BCUT2D eigenvalue weighted by Gasteiger charge is -2.29. The maximum absolute atomic E-state index is 13.0. The Morgan fingerprint density at radius 2 is 1.94 bits per heavy atom. The number of rotatable bonds is 6. The quantitative estimate of drug-likeness (QED) is 0.674. The maximum Gasteiger partial charge on any atom is 0.255 e. The summed E-state index contributed by atoms with van der Waals surface area (Å²) >= 11 is 0. The smallest absolute Gasteiger partial charge is 0.255 e. The summed E-state index contributed by atoms with van der Waals surface area (Å²) in [7, 11) is 0. The summed E-state index contributed by atoms with van der Waals surface area (Å²) in [6, 6.07) is 12.3. The van der Waals surface area contributed by atoms with Crippen LogP contribution < -0.4 is 10.1 Å². The molecule has 172 valence electrons. The van der Waals surface area contributed by atoms with Crippen molar-refractivity contribution in [1.29, 1.82) is 0 Å². The van der Waals surface area contributed by atoms with Crippen LogP contribution in [0.3, 0.4) is 0 Å². The number of ether oxygens (including phenoxy) is 2. The number of imide groups is 1. The number of nitrogens with one attached hydrogen (secondary N) is 1. The highest BCUT2D eigenvalue weighted by Gasteiger charge is 2.40. The summed E-state index contributed by atoms with van der Waals surface area (Å²) in [5.41, 5.74) is 3.11. The highest BCUT2D eigenvalue weighted by molar-refractivity contribution is 6.05. The Morgan fingerprint density at radius 1 is 1.12 bits per heavy atom. The second kappa shape index (κ2) is 9.33. The van der Waals surface area contributed by atoms with Gasteiger partial charge in [-0.1, -0.05) is 30.3 Å². The van der Waals surface area contributed by atoms with Gasteiger partial charge < -0.3 is 14.4 Å². The zero-order chi connectivity index (χ0) is 25.4. The maximum atomic E-state index is 13.0. The molecule has 0 aliphatic carbocycles. The highest BCUT2D eigenvalue weighted by Crippen LogP contribution is 2.34. The zero-order valence-corrected chi connectivity index (χ0v) is 18.1. The van der Waals surface area contributed by atoms with Crippen molar-refractivity contribution < 1.29 is 28.0 Å². The average Bonchev–Trinajstić information content (AvgIpc) is 3.18. The molecule has 2 unspecified atom stereocenters. The van der Waals surface area contributed by atoms with Gasteiger partial charge in [-0.05, 0) is 29.7 Å². The van der Waals surface area contributed by atoms with E-state index < -0.39 is 25.0 Å². The van der Waals surface area contributed by atoms with Gasteiger partial charge in [0.15, 0.2) is 0 Å². The van der Waals surface area contributed by atoms with Crippen LogP contribution in [0.25, 0.3) is 0 Å². The number of amides is 3. The summed E-state index contributed by atoms with van der Waals surface area (Å²) in [6.07, 6.45) is 0.514. The first-order chi connectivity index (χ1) is 17.2. The van der Waals surface area contributed by atoms with Crippen molar-refractivity contribution in [1.82, 2.24) is 15.1 Å². The summed E-state index contributed by atoms with van der Waals surface area (Å²) in [5, 5.41) is 2.31. The van der Waals surface area contributed by atoms with E-state index in [-0.39, 0.29) is 38.0 Å². The van der Waals surface area contributed by atoms with Gasteiger partial charge in [0.1, 0.15) is 18.4 Å². The van der Waals surface area contributed by atoms with Crippen LogP contribution in [-0.2, 0) is 34.0 Å². The van der Waals surface area contributed by atoms with Gasteiger partial charge in [0.2, 0.25) is 11.8 Å². The molecule has 2 saturated heterocycles. The monoisotopic (exact) mass is 452 g/mol. The van der Waals surface area contributed by atoms with Gasteiger partial charge in [-0.15, -0.1) is 0 Å². The van der Waals surface area contributed by atoms with Crippen LogP contribution in [-0.4, -0.2) is 59.8 Å². The van der Waals surface area contributed by atoms with Gasteiger partial charge in [-0.2, -0.15) is 0 Å². The van der Waals surface area contributed by atoms with Crippen LogP contribution in [0, 0.1) is 0 Å². The lowest BCUT2D eigenvalue weighted by molar-refractivity contribution is -0.136. The molecule has 0 bridgehead atoms. The summed E-state index contributed by atoms with van der Waals surface area (Å²) in [5.74, 6) is -0.428. The Bertz CT molecular complexity index is 1190. The van der Waals surface area contributed by atoms with E-state index >= 15 is 0 Å². The van der Waals surface area contributed by atoms with E-state index in [4.69, 9.17) is 13.6 Å². The Balaban J connectivity index is 1.22. The SMILES string of the molecule is [2H]C1N(Cc2ccc(COc3cccc4c3CN(C3CCC(=O)NC3=O)C4=O)cc2)CCOC1([2H])[2H]. The van der Waals surface area contributed by atoms with Gasteiger partial charge in [0, 0.05) is 38.5 Å². The molecule has 0 radical (unpaired) electrons. The average molecular weight is 453 g/mol. The van der Waals surface area contributed by atoms with Crippen molar-refractivity contribution in [2.75, 3.05) is 26.2 Å². The topological polar surface area (TPSA) is 88.2 Å². The van der Waals surface area contributed by atoms with Crippen LogP contribution in [0.4, 0.5) is 0 Å². The minimum atomic E-state index is -1.99. The molecule has 3 heterocycles. The molecule has 3 amide bonds. The molecule has 8 heteroatoms. The Kier molecular flexibility index (Phi) is 5.15. The predicted molar refractivity (Wildman–Crippen MR) is 119 cm³/mol. The van der Waals surface area contributed by atoms with E-state index in [9.17, 15) is 14.4 Å². The molecule has 2 aromatic carbocycles. The fourth-order valence-corrected chi connectivity index (χ4v) is 4.35. The molecule has 2 fully saturated rings. The predicted octanol–water partition coefficient (Wildman–Crippen LogP) is 1.86. The third-order valence-electron chi connectivity index (χ3n) is 6.14. The number of piperidine rings is 1. The van der Waals surface area contributed by atoms with E-state index in [1.165, 1.54) is 4.90 Å². The standard InChI is InChI=1S/C25H27N3O5/c29-23-9-8-21(24(30)26-23)28-15-20-19(25(28)31)2-1-3-22(20)33-16-18-6-4-17(5-7-18)14-27-10-12-32-13-11-27/h1-7,21H,8-16H2,(H,26,29,30)/i10D,12D2. The van der Waals surface area contributed by atoms with E-state index in [2.05, 4.69) is 5.32 Å². The van der Waals surface area contributed by atoms with Crippen LogP contribution >= 0.6 is 0 Å². The minimum absolute atomic E-state index is 0.205. The summed E-state index contributed by atoms with van der Waals surface area (Å²) in [6.45, 7) is -1.36. The number of fused-ring (bicyclic) bond motifs is 1. The third-order valence-corrected chi connectivity index (χ3v) is 6.14. The molecule has 0 aromatic heterocycles. The fourth-order valence-electron chi connectivity index (χ4n) is 4.35. The number of hydrogen-bond donors (Lipinski definition) is 1. The van der Waals surface area contributed by atoms with Gasteiger partial charge in [-0.3, -0.25) is 24.6 Å². The van der Waals surface area contributed by atoms with Crippen LogP contribution in [0.1, 0.15) is 44.0 Å². The molecule has 8 nitrogen and oxygen atoms in total. The van der Waals surface area contributed by atoms with Gasteiger partial charge in [0.25, 0.3) is 5.91 Å². The molecule has 0 spiro atoms. The number of nitrogens with zero attached hydrogens (tertiary/aromatic N) is 2. The van der Waals surface area contributed by atoms with Crippen LogP contribution in [0.5, 0.6) is 5.75 Å². The van der Waals surface area contributed by atoms with Crippen molar-refractivity contribution in [3.05, 3.63) is 64.7 Å². The molecule has 0 saturated carbocycles. The van der Waals surface area contributed by atoms with Crippen molar-refractivity contribution >= 4 is 17.7 Å².